The lowest BCUT2D eigenvalue weighted by Gasteiger charge is -2.18. The highest BCUT2D eigenvalue weighted by molar-refractivity contribution is 5.84. The summed E-state index contributed by atoms with van der Waals surface area (Å²) in [6.07, 6.45) is 1.75. The molecule has 1 aliphatic carbocycles. The Morgan fingerprint density at radius 3 is 2.58 bits per heavy atom. The molecule has 4 heterocycles. The number of aromatic nitrogens is 6. The van der Waals surface area contributed by atoms with Crippen LogP contribution in [-0.4, -0.2) is 75.6 Å². The number of nitrogens with one attached hydrogen (secondary N) is 1. The fourth-order valence-corrected chi connectivity index (χ4v) is 4.49. The van der Waals surface area contributed by atoms with Gasteiger partial charge in [0.05, 0.1) is 18.6 Å². The lowest BCUT2D eigenvalue weighted by atomic mass is 10.1. The first-order valence-electron chi connectivity index (χ1n) is 10.6. The fourth-order valence-electron chi connectivity index (χ4n) is 4.49. The summed E-state index contributed by atoms with van der Waals surface area (Å²) in [7, 11) is 0. The van der Waals surface area contributed by atoms with Gasteiger partial charge in [0, 0.05) is 11.7 Å². The van der Waals surface area contributed by atoms with Crippen molar-refractivity contribution in [2.24, 2.45) is 0 Å². The second kappa shape index (κ2) is 7.83. The Labute approximate surface area is 178 Å². The number of ether oxygens (including phenoxy) is 1. The van der Waals surface area contributed by atoms with Gasteiger partial charge in [-0.25, -0.2) is 9.67 Å². The molecule has 0 spiro atoms. The first-order chi connectivity index (χ1) is 15.0. The Morgan fingerprint density at radius 2 is 1.94 bits per heavy atom. The number of aryl methyl sites for hydroxylation is 2. The van der Waals surface area contributed by atoms with Crippen LogP contribution in [0, 0.1) is 13.8 Å². The number of aliphatic hydroxyl groups excluding tert-OH is 3. The number of imidazole rings is 1. The zero-order chi connectivity index (χ0) is 21.7. The van der Waals surface area contributed by atoms with E-state index in [1.807, 2.05) is 19.9 Å². The number of aliphatic hydroxyl groups is 3. The van der Waals surface area contributed by atoms with Crippen LogP contribution in [0.15, 0.2) is 12.4 Å². The van der Waals surface area contributed by atoms with Gasteiger partial charge >= 0.3 is 0 Å². The minimum absolute atomic E-state index is 0.311. The summed E-state index contributed by atoms with van der Waals surface area (Å²) in [5.74, 6) is 0.983. The van der Waals surface area contributed by atoms with E-state index in [1.165, 1.54) is 19.2 Å². The van der Waals surface area contributed by atoms with Crippen molar-refractivity contribution in [1.82, 2.24) is 29.3 Å². The molecule has 1 saturated heterocycles. The summed E-state index contributed by atoms with van der Waals surface area (Å²) in [4.78, 5) is 13.9. The molecule has 4 N–H and O–H groups in total. The van der Waals surface area contributed by atoms with Crippen LogP contribution < -0.4 is 5.32 Å². The number of hydrogen-bond donors (Lipinski definition) is 4. The molecule has 0 radical (unpaired) electrons. The van der Waals surface area contributed by atoms with Crippen molar-refractivity contribution in [3.63, 3.8) is 0 Å². The number of fused-ring (bicyclic) bond motifs is 1. The Hall–Kier alpha value is -2.60. The Morgan fingerprint density at radius 1 is 1.16 bits per heavy atom. The number of hydrogen-bond acceptors (Lipinski definition) is 9. The van der Waals surface area contributed by atoms with Gasteiger partial charge in [-0.05, 0) is 32.8 Å². The molecule has 0 unspecified atom stereocenters. The Bertz CT molecular complexity index is 1090. The summed E-state index contributed by atoms with van der Waals surface area (Å²) in [5, 5.41) is 38.2. The predicted octanol–water partition coefficient (Wildman–Crippen LogP) is 0.595. The molecule has 0 bridgehead atoms. The normalized spacial score (nSPS) is 26.9. The van der Waals surface area contributed by atoms with Crippen molar-refractivity contribution in [3.05, 3.63) is 23.8 Å². The standard InChI is InChI=1S/C20H27N7O4/c1-10-7-11(2)27(25-10)20-23-17(22-12-5-3-4-6-12)14-18(24-20)26(9-21-14)19-16(30)15(29)13(8-28)31-19/h7,9,12-13,15-16,19,28-30H,3-6,8H2,1-2H3,(H,22,23,24)/t13-,15-,16-,19-/m1/s1. The molecule has 3 aromatic heterocycles. The summed E-state index contributed by atoms with van der Waals surface area (Å²) in [5.41, 5.74) is 2.74. The van der Waals surface area contributed by atoms with E-state index >= 15 is 0 Å². The third-order valence-electron chi connectivity index (χ3n) is 6.10. The maximum Gasteiger partial charge on any atom is 0.254 e. The van der Waals surface area contributed by atoms with Crippen molar-refractivity contribution in [3.8, 4) is 5.95 Å². The van der Waals surface area contributed by atoms with Gasteiger partial charge in [-0.3, -0.25) is 4.57 Å². The van der Waals surface area contributed by atoms with Crippen molar-refractivity contribution in [2.75, 3.05) is 11.9 Å². The van der Waals surface area contributed by atoms with E-state index in [0.717, 1.165) is 24.2 Å². The molecular weight excluding hydrogens is 402 g/mol. The van der Waals surface area contributed by atoms with Gasteiger partial charge in [0.25, 0.3) is 5.95 Å². The Kier molecular flexibility index (Phi) is 5.13. The minimum Gasteiger partial charge on any atom is -0.394 e. The van der Waals surface area contributed by atoms with Gasteiger partial charge in [-0.15, -0.1) is 0 Å². The van der Waals surface area contributed by atoms with Crippen LogP contribution in [-0.2, 0) is 4.74 Å². The zero-order valence-corrected chi connectivity index (χ0v) is 17.5. The topological polar surface area (TPSA) is 143 Å². The van der Waals surface area contributed by atoms with Crippen LogP contribution in [0.2, 0.25) is 0 Å². The highest BCUT2D eigenvalue weighted by Gasteiger charge is 2.44. The number of anilines is 1. The van der Waals surface area contributed by atoms with Crippen LogP contribution in [0.25, 0.3) is 17.1 Å². The van der Waals surface area contributed by atoms with Crippen LogP contribution in [0.1, 0.15) is 43.3 Å². The molecule has 166 valence electrons. The zero-order valence-electron chi connectivity index (χ0n) is 17.5. The van der Waals surface area contributed by atoms with Crippen LogP contribution in [0.4, 0.5) is 5.82 Å². The van der Waals surface area contributed by atoms with Gasteiger partial charge in [0.1, 0.15) is 18.3 Å². The lowest BCUT2D eigenvalue weighted by molar-refractivity contribution is -0.0511. The third kappa shape index (κ3) is 3.47. The fraction of sp³-hybridized carbons (Fsp3) is 0.600. The van der Waals surface area contributed by atoms with E-state index in [4.69, 9.17) is 9.72 Å². The SMILES string of the molecule is Cc1cc(C)n(-c2nc(NC3CCCC3)c3ncn([C@@H]4O[C@H](CO)[C@@H](O)[C@H]4O)c3n2)n1. The van der Waals surface area contributed by atoms with Crippen molar-refractivity contribution >= 4 is 17.0 Å². The van der Waals surface area contributed by atoms with Crippen molar-refractivity contribution < 1.29 is 20.1 Å². The molecule has 1 aliphatic heterocycles. The second-order valence-electron chi connectivity index (χ2n) is 8.39. The maximum atomic E-state index is 10.5. The van der Waals surface area contributed by atoms with Gasteiger partial charge in [-0.1, -0.05) is 12.8 Å². The molecule has 11 heteroatoms. The van der Waals surface area contributed by atoms with Crippen LogP contribution in [0.5, 0.6) is 0 Å². The molecule has 2 fully saturated rings. The number of rotatable bonds is 5. The molecule has 3 aromatic rings. The maximum absolute atomic E-state index is 10.5. The molecule has 31 heavy (non-hydrogen) atoms. The Balaban J connectivity index is 1.63. The first-order valence-corrected chi connectivity index (χ1v) is 10.6. The van der Waals surface area contributed by atoms with E-state index in [1.54, 1.807) is 9.25 Å². The summed E-state index contributed by atoms with van der Waals surface area (Å²) in [6.45, 7) is 3.44. The van der Waals surface area contributed by atoms with E-state index < -0.39 is 31.1 Å². The largest absolute Gasteiger partial charge is 0.394 e. The van der Waals surface area contributed by atoms with Gasteiger partial charge in [-0.2, -0.15) is 15.1 Å². The number of nitrogens with zero attached hydrogens (tertiary/aromatic N) is 6. The molecule has 2 aliphatic rings. The summed E-state index contributed by atoms with van der Waals surface area (Å²) >= 11 is 0. The van der Waals surface area contributed by atoms with Crippen LogP contribution in [0.3, 0.4) is 0 Å². The monoisotopic (exact) mass is 429 g/mol. The molecular formula is C20H27N7O4. The van der Waals surface area contributed by atoms with Gasteiger partial charge < -0.3 is 25.4 Å². The van der Waals surface area contributed by atoms with E-state index in [-0.39, 0.29) is 0 Å². The molecule has 0 amide bonds. The van der Waals surface area contributed by atoms with E-state index in [0.29, 0.717) is 29.0 Å². The van der Waals surface area contributed by atoms with Gasteiger partial charge in [0.15, 0.2) is 23.2 Å². The quantitative estimate of drug-likeness (QED) is 0.458. The van der Waals surface area contributed by atoms with Crippen molar-refractivity contribution in [1.29, 1.82) is 0 Å². The lowest BCUT2D eigenvalue weighted by Crippen LogP contribution is -2.33. The minimum atomic E-state index is -1.23. The van der Waals surface area contributed by atoms with Crippen molar-refractivity contribution in [2.45, 2.75) is 70.1 Å². The van der Waals surface area contributed by atoms with Gasteiger partial charge in [0.2, 0.25) is 0 Å². The first kappa shape index (κ1) is 20.3. The average molecular weight is 429 g/mol. The predicted molar refractivity (Wildman–Crippen MR) is 111 cm³/mol. The van der Waals surface area contributed by atoms with E-state index in [9.17, 15) is 15.3 Å². The van der Waals surface area contributed by atoms with E-state index in [2.05, 4.69) is 20.4 Å². The molecule has 1 saturated carbocycles. The highest BCUT2D eigenvalue weighted by Crippen LogP contribution is 2.33. The highest BCUT2D eigenvalue weighted by atomic mass is 16.6. The average Bonchev–Trinajstić information content (AvgIpc) is 3.52. The molecule has 11 nitrogen and oxygen atoms in total. The third-order valence-corrected chi connectivity index (χ3v) is 6.10. The second-order valence-corrected chi connectivity index (χ2v) is 8.39. The van der Waals surface area contributed by atoms with Crippen LogP contribution >= 0.6 is 0 Å². The smallest absolute Gasteiger partial charge is 0.254 e. The molecule has 4 atom stereocenters. The molecule has 0 aromatic carbocycles. The molecule has 5 rings (SSSR count). The summed E-state index contributed by atoms with van der Waals surface area (Å²) < 4.78 is 8.95. The summed E-state index contributed by atoms with van der Waals surface area (Å²) in [6, 6.07) is 2.26.